The number of anilines is 2. The van der Waals surface area contributed by atoms with Crippen molar-refractivity contribution in [3.05, 3.63) is 78.1 Å². The van der Waals surface area contributed by atoms with Crippen LogP contribution in [0.25, 0.3) is 22.3 Å². The number of hydrogen-bond donors (Lipinski definition) is 1. The Balaban J connectivity index is 1.79. The zero-order chi connectivity index (χ0) is 20.9. The lowest BCUT2D eigenvalue weighted by Crippen LogP contribution is -2.08. The number of rotatable bonds is 7. The first-order chi connectivity index (χ1) is 14.7. The van der Waals surface area contributed by atoms with Crippen LogP contribution >= 0.6 is 0 Å². The van der Waals surface area contributed by atoms with Crippen molar-refractivity contribution in [3.63, 3.8) is 0 Å². The SMILES string of the molecule is CN(C)c1ccc(-c2cc(CCc3ccccc3)c3c(NC=O)ncnc3n2)cc1. The van der Waals surface area contributed by atoms with Gasteiger partial charge in [0, 0.05) is 25.3 Å². The van der Waals surface area contributed by atoms with Crippen molar-refractivity contribution in [2.45, 2.75) is 12.8 Å². The van der Waals surface area contributed by atoms with Gasteiger partial charge in [-0.05, 0) is 42.2 Å². The number of benzene rings is 2. The first-order valence-corrected chi connectivity index (χ1v) is 9.82. The van der Waals surface area contributed by atoms with Crippen molar-refractivity contribution in [2.24, 2.45) is 0 Å². The van der Waals surface area contributed by atoms with Crippen molar-refractivity contribution in [1.82, 2.24) is 15.0 Å². The molecule has 4 rings (SSSR count). The van der Waals surface area contributed by atoms with E-state index in [4.69, 9.17) is 4.98 Å². The van der Waals surface area contributed by atoms with Crippen molar-refractivity contribution < 1.29 is 4.79 Å². The molecule has 1 N–H and O–H groups in total. The quantitative estimate of drug-likeness (QED) is 0.475. The monoisotopic (exact) mass is 397 g/mol. The molecule has 0 saturated heterocycles. The number of aromatic nitrogens is 3. The molecular formula is C24H23N5O. The van der Waals surface area contributed by atoms with Crippen LogP contribution in [0.1, 0.15) is 11.1 Å². The lowest BCUT2D eigenvalue weighted by Gasteiger charge is -2.14. The predicted molar refractivity (Wildman–Crippen MR) is 121 cm³/mol. The van der Waals surface area contributed by atoms with E-state index >= 15 is 0 Å². The number of fused-ring (bicyclic) bond motifs is 1. The summed E-state index contributed by atoms with van der Waals surface area (Å²) in [5.74, 6) is 0.486. The fourth-order valence-corrected chi connectivity index (χ4v) is 3.50. The van der Waals surface area contributed by atoms with Gasteiger partial charge < -0.3 is 10.2 Å². The van der Waals surface area contributed by atoms with Crippen LogP contribution in [0.2, 0.25) is 0 Å². The molecular weight excluding hydrogens is 374 g/mol. The molecule has 0 saturated carbocycles. The second-order valence-electron chi connectivity index (χ2n) is 7.28. The van der Waals surface area contributed by atoms with Gasteiger partial charge in [0.1, 0.15) is 12.1 Å². The lowest BCUT2D eigenvalue weighted by atomic mass is 9.99. The molecule has 0 fully saturated rings. The van der Waals surface area contributed by atoms with E-state index in [1.165, 1.54) is 11.9 Å². The van der Waals surface area contributed by atoms with Gasteiger partial charge in [0.05, 0.1) is 11.1 Å². The lowest BCUT2D eigenvalue weighted by molar-refractivity contribution is -0.105. The van der Waals surface area contributed by atoms with Gasteiger partial charge in [-0.25, -0.2) is 15.0 Å². The maximum Gasteiger partial charge on any atom is 0.212 e. The fraction of sp³-hybridized carbons (Fsp3) is 0.167. The van der Waals surface area contributed by atoms with Gasteiger partial charge in [-0.3, -0.25) is 4.79 Å². The summed E-state index contributed by atoms with van der Waals surface area (Å²) in [6.07, 6.45) is 3.72. The van der Waals surface area contributed by atoms with Crippen LogP contribution in [-0.4, -0.2) is 35.5 Å². The second-order valence-corrected chi connectivity index (χ2v) is 7.28. The number of pyridine rings is 1. The summed E-state index contributed by atoms with van der Waals surface area (Å²) in [6.45, 7) is 0. The Labute approximate surface area is 175 Å². The molecule has 2 aromatic heterocycles. The molecule has 0 spiro atoms. The highest BCUT2D eigenvalue weighted by molar-refractivity contribution is 5.95. The van der Waals surface area contributed by atoms with Crippen molar-refractivity contribution >= 4 is 28.9 Å². The fourth-order valence-electron chi connectivity index (χ4n) is 3.50. The third kappa shape index (κ3) is 4.12. The Morgan fingerprint density at radius 2 is 1.73 bits per heavy atom. The van der Waals surface area contributed by atoms with Crippen LogP contribution in [0.15, 0.2) is 67.0 Å². The van der Waals surface area contributed by atoms with Crippen LogP contribution < -0.4 is 10.2 Å². The van der Waals surface area contributed by atoms with Crippen LogP contribution in [0.3, 0.4) is 0 Å². The molecule has 6 heteroatoms. The van der Waals surface area contributed by atoms with Crippen molar-refractivity contribution in [2.75, 3.05) is 24.3 Å². The molecule has 2 heterocycles. The van der Waals surface area contributed by atoms with Gasteiger partial charge in [-0.1, -0.05) is 42.5 Å². The molecule has 1 amide bonds. The molecule has 0 aliphatic carbocycles. The molecule has 0 bridgehead atoms. The Bertz CT molecular complexity index is 1160. The average molecular weight is 397 g/mol. The molecule has 0 aliphatic heterocycles. The largest absolute Gasteiger partial charge is 0.378 e. The number of carbonyl (C=O) groups is 1. The minimum atomic E-state index is 0.486. The summed E-state index contributed by atoms with van der Waals surface area (Å²) in [6, 6.07) is 20.7. The van der Waals surface area contributed by atoms with Gasteiger partial charge in [0.15, 0.2) is 5.65 Å². The third-order valence-corrected chi connectivity index (χ3v) is 5.09. The van der Waals surface area contributed by atoms with Crippen molar-refractivity contribution in [1.29, 1.82) is 0 Å². The highest BCUT2D eigenvalue weighted by Gasteiger charge is 2.14. The summed E-state index contributed by atoms with van der Waals surface area (Å²) >= 11 is 0. The first kappa shape index (κ1) is 19.5. The molecule has 4 aromatic rings. The van der Waals surface area contributed by atoms with Crippen LogP contribution in [0, 0.1) is 0 Å². The number of carbonyl (C=O) groups excluding carboxylic acids is 1. The van der Waals surface area contributed by atoms with Crippen molar-refractivity contribution in [3.8, 4) is 11.3 Å². The molecule has 150 valence electrons. The normalized spacial score (nSPS) is 10.7. The van der Waals surface area contributed by atoms with E-state index in [0.717, 1.165) is 40.7 Å². The van der Waals surface area contributed by atoms with Gasteiger partial charge in [-0.2, -0.15) is 0 Å². The highest BCUT2D eigenvalue weighted by Crippen LogP contribution is 2.29. The highest BCUT2D eigenvalue weighted by atomic mass is 16.1. The zero-order valence-electron chi connectivity index (χ0n) is 17.0. The van der Waals surface area contributed by atoms with E-state index in [0.29, 0.717) is 17.9 Å². The van der Waals surface area contributed by atoms with Gasteiger partial charge in [0.2, 0.25) is 6.41 Å². The molecule has 0 atom stereocenters. The van der Waals surface area contributed by atoms with E-state index in [1.54, 1.807) is 0 Å². The van der Waals surface area contributed by atoms with Crippen LogP contribution in [0.4, 0.5) is 11.5 Å². The minimum Gasteiger partial charge on any atom is -0.378 e. The van der Waals surface area contributed by atoms with E-state index in [9.17, 15) is 4.79 Å². The second kappa shape index (κ2) is 8.69. The Hall–Kier alpha value is -3.80. The Morgan fingerprint density at radius 1 is 0.967 bits per heavy atom. The van der Waals surface area contributed by atoms with Gasteiger partial charge in [-0.15, -0.1) is 0 Å². The summed E-state index contributed by atoms with van der Waals surface area (Å²) < 4.78 is 0. The zero-order valence-corrected chi connectivity index (χ0v) is 17.0. The number of hydrogen-bond acceptors (Lipinski definition) is 5. The summed E-state index contributed by atoms with van der Waals surface area (Å²) in [5, 5.41) is 3.48. The molecule has 2 aromatic carbocycles. The number of nitrogens with zero attached hydrogens (tertiary/aromatic N) is 4. The summed E-state index contributed by atoms with van der Waals surface area (Å²) in [7, 11) is 4.03. The van der Waals surface area contributed by atoms with E-state index < -0.39 is 0 Å². The predicted octanol–water partition coefficient (Wildman–Crippen LogP) is 4.11. The summed E-state index contributed by atoms with van der Waals surface area (Å²) in [5.41, 5.74) is 5.88. The topological polar surface area (TPSA) is 71.0 Å². The molecule has 30 heavy (non-hydrogen) atoms. The summed E-state index contributed by atoms with van der Waals surface area (Å²) in [4.78, 5) is 26.5. The van der Waals surface area contributed by atoms with Crippen LogP contribution in [0.5, 0.6) is 0 Å². The van der Waals surface area contributed by atoms with Gasteiger partial charge >= 0.3 is 0 Å². The third-order valence-electron chi connectivity index (χ3n) is 5.09. The molecule has 6 nitrogen and oxygen atoms in total. The van der Waals surface area contributed by atoms with Gasteiger partial charge in [0.25, 0.3) is 0 Å². The average Bonchev–Trinajstić information content (AvgIpc) is 2.78. The number of aryl methyl sites for hydroxylation is 2. The number of amides is 1. The van der Waals surface area contributed by atoms with E-state index in [1.807, 2.05) is 32.3 Å². The smallest absolute Gasteiger partial charge is 0.212 e. The number of nitrogens with one attached hydrogen (secondary N) is 1. The first-order valence-electron chi connectivity index (χ1n) is 9.82. The Morgan fingerprint density at radius 3 is 2.43 bits per heavy atom. The molecule has 0 aliphatic rings. The molecule has 0 unspecified atom stereocenters. The Kier molecular flexibility index (Phi) is 5.66. The minimum absolute atomic E-state index is 0.486. The van der Waals surface area contributed by atoms with E-state index in [-0.39, 0.29) is 0 Å². The van der Waals surface area contributed by atoms with Crippen LogP contribution in [-0.2, 0) is 17.6 Å². The standard InChI is InChI=1S/C24H23N5O/c1-29(2)20-12-10-18(11-13-20)21-14-19(9-8-17-6-4-3-5-7-17)22-23(27-16-30)25-15-26-24(22)28-21/h3-7,10-16H,8-9H2,1-2H3,(H,25,26,27,28,30). The molecule has 0 radical (unpaired) electrons. The maximum atomic E-state index is 11.1. The van der Waals surface area contributed by atoms with E-state index in [2.05, 4.69) is 62.6 Å². The maximum absolute atomic E-state index is 11.1.